The highest BCUT2D eigenvalue weighted by Crippen LogP contribution is 2.56. The van der Waals surface area contributed by atoms with Crippen LogP contribution in [0.1, 0.15) is 74.1 Å². The zero-order valence-electron chi connectivity index (χ0n) is 21.8. The fraction of sp³-hybridized carbons (Fsp3) is 0.885. The van der Waals surface area contributed by atoms with Crippen LogP contribution in [-0.4, -0.2) is 55.7 Å². The first-order valence-corrected chi connectivity index (χ1v) is 12.7. The number of fused-ring (bicyclic) bond motifs is 5. The predicted molar refractivity (Wildman–Crippen MR) is 123 cm³/mol. The van der Waals surface area contributed by atoms with Crippen molar-refractivity contribution >= 4 is 17.9 Å². The van der Waals surface area contributed by atoms with E-state index in [0.29, 0.717) is 31.0 Å². The van der Waals surface area contributed by atoms with Gasteiger partial charge in [0.2, 0.25) is 0 Å². The molecule has 2 aliphatic carbocycles. The first-order chi connectivity index (χ1) is 15.9. The molecule has 0 aromatic heterocycles. The molecule has 0 aromatic carbocycles. The van der Waals surface area contributed by atoms with Crippen molar-refractivity contribution in [2.75, 3.05) is 19.8 Å². The van der Waals surface area contributed by atoms with Crippen LogP contribution in [0.25, 0.3) is 0 Å². The van der Waals surface area contributed by atoms with Crippen LogP contribution in [0.4, 0.5) is 0 Å². The van der Waals surface area contributed by atoms with Gasteiger partial charge in [-0.15, -0.1) is 0 Å². The SMILES string of the molecule is CCC(C)(C)C(=O)OCC1COC(C)(C)O1.CCC(C)C(=O)OC1CC2CC1C1COC(=O)C21. The van der Waals surface area contributed by atoms with Crippen molar-refractivity contribution in [3.63, 3.8) is 0 Å². The molecule has 194 valence electrons. The summed E-state index contributed by atoms with van der Waals surface area (Å²) < 4.78 is 26.9. The third kappa shape index (κ3) is 5.93. The Morgan fingerprint density at radius 3 is 2.44 bits per heavy atom. The fourth-order valence-corrected chi connectivity index (χ4v) is 5.22. The van der Waals surface area contributed by atoms with Gasteiger partial charge in [-0.25, -0.2) is 0 Å². The highest BCUT2D eigenvalue weighted by Gasteiger charge is 2.60. The molecule has 0 N–H and O–H groups in total. The van der Waals surface area contributed by atoms with Gasteiger partial charge < -0.3 is 23.7 Å². The molecule has 4 aliphatic rings. The van der Waals surface area contributed by atoms with Crippen molar-refractivity contribution in [1.29, 1.82) is 0 Å². The van der Waals surface area contributed by atoms with Crippen LogP contribution >= 0.6 is 0 Å². The van der Waals surface area contributed by atoms with Crippen molar-refractivity contribution in [3.05, 3.63) is 0 Å². The topological polar surface area (TPSA) is 97.4 Å². The maximum Gasteiger partial charge on any atom is 0.311 e. The van der Waals surface area contributed by atoms with Crippen molar-refractivity contribution in [1.82, 2.24) is 0 Å². The molecule has 7 atom stereocenters. The van der Waals surface area contributed by atoms with Crippen molar-refractivity contribution in [3.8, 4) is 0 Å². The van der Waals surface area contributed by atoms with Gasteiger partial charge in [0.15, 0.2) is 5.79 Å². The number of esters is 3. The summed E-state index contributed by atoms with van der Waals surface area (Å²) in [4.78, 5) is 35.1. The summed E-state index contributed by atoms with van der Waals surface area (Å²) in [6.45, 7) is 14.6. The molecule has 4 fully saturated rings. The molecule has 2 aliphatic heterocycles. The maximum atomic E-state index is 11.8. The van der Waals surface area contributed by atoms with Gasteiger partial charge in [0, 0.05) is 11.8 Å². The number of hydrogen-bond acceptors (Lipinski definition) is 8. The van der Waals surface area contributed by atoms with Gasteiger partial charge in [0.05, 0.1) is 30.5 Å². The van der Waals surface area contributed by atoms with Gasteiger partial charge in [0.25, 0.3) is 0 Å². The molecular weight excluding hydrogens is 440 g/mol. The summed E-state index contributed by atoms with van der Waals surface area (Å²) in [6, 6.07) is 0. The van der Waals surface area contributed by atoms with E-state index in [9.17, 15) is 14.4 Å². The Hall–Kier alpha value is -1.67. The molecule has 8 nitrogen and oxygen atoms in total. The van der Waals surface area contributed by atoms with E-state index in [1.807, 2.05) is 48.5 Å². The van der Waals surface area contributed by atoms with Crippen LogP contribution < -0.4 is 0 Å². The van der Waals surface area contributed by atoms with Crippen molar-refractivity contribution < 1.29 is 38.1 Å². The Bertz CT molecular complexity index is 760. The molecule has 4 rings (SSSR count). The number of rotatable bonds is 7. The van der Waals surface area contributed by atoms with Crippen molar-refractivity contribution in [2.24, 2.45) is 35.0 Å². The van der Waals surface area contributed by atoms with E-state index in [0.717, 1.165) is 25.7 Å². The van der Waals surface area contributed by atoms with Gasteiger partial charge in [-0.2, -0.15) is 0 Å². The summed E-state index contributed by atoms with van der Waals surface area (Å²) >= 11 is 0. The standard InChI is InChI=1S/C14H20O4.C12H22O4/c1-3-7(2)13(15)18-11-5-8-4-9(11)10-6-17-14(16)12(8)10;1-6-11(2,3)10(13)14-7-9-8-15-12(4,5)16-9/h7-12H,3-6H2,1-2H3;9H,6-8H2,1-5H3. The van der Waals surface area contributed by atoms with E-state index in [-0.39, 0.29) is 48.6 Å². The van der Waals surface area contributed by atoms with Crippen molar-refractivity contribution in [2.45, 2.75) is 92.1 Å². The highest BCUT2D eigenvalue weighted by molar-refractivity contribution is 5.76. The molecule has 0 radical (unpaired) electrons. The molecule has 0 spiro atoms. The molecule has 34 heavy (non-hydrogen) atoms. The minimum Gasteiger partial charge on any atom is -0.465 e. The molecule has 0 amide bonds. The van der Waals surface area contributed by atoms with Gasteiger partial charge in [-0.1, -0.05) is 20.8 Å². The lowest BCUT2D eigenvalue weighted by Crippen LogP contribution is -2.35. The van der Waals surface area contributed by atoms with E-state index >= 15 is 0 Å². The van der Waals surface area contributed by atoms with E-state index in [4.69, 9.17) is 23.7 Å². The number of ether oxygens (including phenoxy) is 5. The average molecular weight is 483 g/mol. The lowest BCUT2D eigenvalue weighted by Gasteiger charge is -2.29. The fourth-order valence-electron chi connectivity index (χ4n) is 5.22. The van der Waals surface area contributed by atoms with E-state index < -0.39 is 11.2 Å². The Morgan fingerprint density at radius 2 is 1.85 bits per heavy atom. The Labute approximate surface area is 203 Å². The van der Waals surface area contributed by atoms with Gasteiger partial charge in [-0.05, 0) is 59.3 Å². The lowest BCUT2D eigenvalue weighted by molar-refractivity contribution is -0.165. The monoisotopic (exact) mass is 482 g/mol. The smallest absolute Gasteiger partial charge is 0.311 e. The molecule has 8 heteroatoms. The lowest BCUT2D eigenvalue weighted by atomic mass is 9.80. The molecule has 0 aromatic rings. The van der Waals surface area contributed by atoms with Crippen LogP contribution in [-0.2, 0) is 38.1 Å². The molecule has 2 saturated heterocycles. The van der Waals surface area contributed by atoms with Crippen LogP contribution in [0.2, 0.25) is 0 Å². The van der Waals surface area contributed by atoms with E-state index in [1.54, 1.807) is 0 Å². The Balaban J connectivity index is 0.000000192. The summed E-state index contributed by atoms with van der Waals surface area (Å²) in [7, 11) is 0. The first-order valence-electron chi connectivity index (χ1n) is 12.7. The van der Waals surface area contributed by atoms with E-state index in [1.165, 1.54) is 0 Å². The quantitative estimate of drug-likeness (QED) is 0.398. The molecule has 2 heterocycles. The Morgan fingerprint density at radius 1 is 1.15 bits per heavy atom. The van der Waals surface area contributed by atoms with Crippen LogP contribution in [0, 0.1) is 35.0 Å². The number of carbonyl (C=O) groups is 3. The zero-order valence-corrected chi connectivity index (χ0v) is 21.8. The minimum atomic E-state index is -0.558. The normalized spacial score (nSPS) is 34.0. The second-order valence-corrected chi connectivity index (χ2v) is 11.3. The second kappa shape index (κ2) is 10.5. The summed E-state index contributed by atoms with van der Waals surface area (Å²) in [5, 5.41) is 0. The first kappa shape index (κ1) is 26.9. The van der Waals surface area contributed by atoms with Crippen LogP contribution in [0.5, 0.6) is 0 Å². The molecule has 7 unspecified atom stereocenters. The molecule has 2 saturated carbocycles. The second-order valence-electron chi connectivity index (χ2n) is 11.3. The van der Waals surface area contributed by atoms with Crippen LogP contribution in [0.15, 0.2) is 0 Å². The average Bonchev–Trinajstić information content (AvgIpc) is 3.54. The number of hydrogen-bond donors (Lipinski definition) is 0. The summed E-state index contributed by atoms with van der Waals surface area (Å²) in [5.41, 5.74) is -0.422. The van der Waals surface area contributed by atoms with E-state index in [2.05, 4.69) is 0 Å². The summed E-state index contributed by atoms with van der Waals surface area (Å²) in [5.74, 6) is 0.238. The predicted octanol–water partition coefficient (Wildman–Crippen LogP) is 3.89. The van der Waals surface area contributed by atoms with Gasteiger partial charge >= 0.3 is 17.9 Å². The minimum absolute atomic E-state index is 0.0206. The number of carbonyl (C=O) groups excluding carboxylic acids is 3. The largest absolute Gasteiger partial charge is 0.465 e. The molecular formula is C26H42O8. The molecule has 2 bridgehead atoms. The van der Waals surface area contributed by atoms with Crippen LogP contribution in [0.3, 0.4) is 0 Å². The van der Waals surface area contributed by atoms with Gasteiger partial charge in [-0.3, -0.25) is 14.4 Å². The van der Waals surface area contributed by atoms with Gasteiger partial charge in [0.1, 0.15) is 18.8 Å². The summed E-state index contributed by atoms with van der Waals surface area (Å²) in [6.07, 6.45) is 3.33. The third-order valence-corrected chi connectivity index (χ3v) is 7.98. The maximum absolute atomic E-state index is 11.8. The highest BCUT2D eigenvalue weighted by atomic mass is 16.7. The Kier molecular flexibility index (Phi) is 8.33. The third-order valence-electron chi connectivity index (χ3n) is 7.98. The number of cyclic esters (lactones) is 1. The zero-order chi connectivity index (χ0) is 25.3.